The minimum Gasteiger partial charge on any atom is -0.384 e. The molecule has 6 heteroatoms. The van der Waals surface area contributed by atoms with Crippen molar-refractivity contribution in [3.63, 3.8) is 0 Å². The lowest BCUT2D eigenvalue weighted by atomic mass is 9.95. The fourth-order valence-electron chi connectivity index (χ4n) is 3.23. The number of piperidine rings is 1. The molecular formula is C15H23N3O2S. The molecule has 3 rings (SSSR count). The predicted molar refractivity (Wildman–Crippen MR) is 84.0 cm³/mol. The first-order valence-electron chi connectivity index (χ1n) is 7.53. The maximum atomic E-state index is 12.6. The topological polar surface area (TPSA) is 61.4 Å². The smallest absolute Gasteiger partial charge is 0.240 e. The first-order valence-corrected chi connectivity index (χ1v) is 9.02. The highest BCUT2D eigenvalue weighted by Gasteiger charge is 2.29. The van der Waals surface area contributed by atoms with Crippen LogP contribution in [0.25, 0.3) is 0 Å². The molecule has 1 aromatic carbocycles. The van der Waals surface area contributed by atoms with E-state index in [0.717, 1.165) is 38.2 Å². The molecule has 2 unspecified atom stereocenters. The van der Waals surface area contributed by atoms with E-state index in [-0.39, 0.29) is 6.04 Å². The van der Waals surface area contributed by atoms with E-state index in [1.165, 1.54) is 5.56 Å². The Morgan fingerprint density at radius 2 is 2.19 bits per heavy atom. The Kier molecular flexibility index (Phi) is 3.94. The molecule has 21 heavy (non-hydrogen) atoms. The zero-order valence-corrected chi connectivity index (χ0v) is 13.4. The van der Waals surface area contributed by atoms with Crippen LogP contribution in [-0.4, -0.2) is 46.0 Å². The van der Waals surface area contributed by atoms with Crippen molar-refractivity contribution in [2.45, 2.75) is 30.7 Å². The van der Waals surface area contributed by atoms with E-state index in [1.807, 2.05) is 6.07 Å². The van der Waals surface area contributed by atoms with Crippen LogP contribution in [0.1, 0.15) is 18.9 Å². The number of rotatable bonds is 3. The number of hydrogen-bond acceptors (Lipinski definition) is 4. The third-order valence-electron chi connectivity index (χ3n) is 4.52. The van der Waals surface area contributed by atoms with Gasteiger partial charge in [0.05, 0.1) is 4.90 Å². The monoisotopic (exact) mass is 309 g/mol. The van der Waals surface area contributed by atoms with Gasteiger partial charge >= 0.3 is 0 Å². The molecule has 0 amide bonds. The van der Waals surface area contributed by atoms with E-state index in [1.54, 1.807) is 12.1 Å². The number of anilines is 1. The summed E-state index contributed by atoms with van der Waals surface area (Å²) in [7, 11) is -1.36. The molecule has 1 aromatic rings. The zero-order valence-electron chi connectivity index (χ0n) is 12.6. The van der Waals surface area contributed by atoms with Crippen molar-refractivity contribution in [3.8, 4) is 0 Å². The van der Waals surface area contributed by atoms with Gasteiger partial charge in [0, 0.05) is 24.8 Å². The molecule has 2 atom stereocenters. The van der Waals surface area contributed by atoms with Crippen molar-refractivity contribution in [2.75, 3.05) is 32.0 Å². The average Bonchev–Trinajstić information content (AvgIpc) is 2.89. The Hall–Kier alpha value is -1.11. The Bertz CT molecular complexity index is 630. The van der Waals surface area contributed by atoms with Gasteiger partial charge < -0.3 is 10.2 Å². The van der Waals surface area contributed by atoms with E-state index >= 15 is 0 Å². The number of likely N-dealkylation sites (tertiary alicyclic amines) is 1. The number of hydrogen-bond donors (Lipinski definition) is 2. The van der Waals surface area contributed by atoms with Crippen LogP contribution >= 0.6 is 0 Å². The summed E-state index contributed by atoms with van der Waals surface area (Å²) in [5.74, 6) is 0.325. The largest absolute Gasteiger partial charge is 0.384 e. The summed E-state index contributed by atoms with van der Waals surface area (Å²) < 4.78 is 28.0. The number of nitrogens with one attached hydrogen (secondary N) is 2. The summed E-state index contributed by atoms with van der Waals surface area (Å²) in [6, 6.07) is 5.41. The summed E-state index contributed by atoms with van der Waals surface area (Å²) >= 11 is 0. The fraction of sp³-hybridized carbons (Fsp3) is 0.600. The molecule has 0 bridgehead atoms. The van der Waals surface area contributed by atoms with Crippen molar-refractivity contribution in [1.29, 1.82) is 0 Å². The van der Waals surface area contributed by atoms with E-state index in [9.17, 15) is 8.42 Å². The lowest BCUT2D eigenvalue weighted by Crippen LogP contribution is -2.48. The highest BCUT2D eigenvalue weighted by molar-refractivity contribution is 7.89. The zero-order chi connectivity index (χ0) is 15.0. The molecule has 1 saturated heterocycles. The highest BCUT2D eigenvalue weighted by atomic mass is 32.2. The third-order valence-corrected chi connectivity index (χ3v) is 6.00. The predicted octanol–water partition coefficient (Wildman–Crippen LogP) is 1.27. The number of benzene rings is 1. The van der Waals surface area contributed by atoms with Gasteiger partial charge in [-0.1, -0.05) is 13.0 Å². The van der Waals surface area contributed by atoms with Gasteiger partial charge in [-0.05, 0) is 50.0 Å². The third kappa shape index (κ3) is 3.07. The number of fused-ring (bicyclic) bond motifs is 1. The van der Waals surface area contributed by atoms with E-state index in [4.69, 9.17) is 0 Å². The second-order valence-electron chi connectivity index (χ2n) is 6.25. The summed E-state index contributed by atoms with van der Waals surface area (Å²) in [4.78, 5) is 2.61. The molecule has 116 valence electrons. The van der Waals surface area contributed by atoms with E-state index < -0.39 is 10.0 Å². The molecule has 0 spiro atoms. The second kappa shape index (κ2) is 5.59. The first kappa shape index (κ1) is 14.8. The van der Waals surface area contributed by atoms with Crippen LogP contribution in [0.2, 0.25) is 0 Å². The molecule has 2 N–H and O–H groups in total. The number of sulfonamides is 1. The summed E-state index contributed by atoms with van der Waals surface area (Å²) in [6.07, 6.45) is 1.83. The van der Waals surface area contributed by atoms with Crippen LogP contribution in [0, 0.1) is 5.92 Å². The van der Waals surface area contributed by atoms with Crippen LogP contribution < -0.4 is 10.0 Å². The molecule has 1 fully saturated rings. The standard InChI is InChI=1S/C15H23N3O2S/c1-11-10-18(2)8-6-14(11)17-21(19,20)13-4-3-12-5-7-16-15(12)9-13/h3-4,9,11,14,16-17H,5-8,10H2,1-2H3. The van der Waals surface area contributed by atoms with Gasteiger partial charge in [-0.25, -0.2) is 13.1 Å². The fourth-order valence-corrected chi connectivity index (χ4v) is 4.64. The Morgan fingerprint density at radius 1 is 1.38 bits per heavy atom. The van der Waals surface area contributed by atoms with E-state index in [2.05, 4.69) is 28.9 Å². The SMILES string of the molecule is CC1CN(C)CCC1NS(=O)(=O)c1ccc2c(c1)NCC2. The Labute approximate surface area is 126 Å². The van der Waals surface area contributed by atoms with Crippen LogP contribution in [0.4, 0.5) is 5.69 Å². The average molecular weight is 309 g/mol. The second-order valence-corrected chi connectivity index (χ2v) is 7.97. The number of nitrogens with zero attached hydrogens (tertiary/aromatic N) is 1. The van der Waals surface area contributed by atoms with Crippen molar-refractivity contribution < 1.29 is 8.42 Å². The minimum atomic E-state index is -3.44. The van der Waals surface area contributed by atoms with Crippen LogP contribution in [0.3, 0.4) is 0 Å². The van der Waals surface area contributed by atoms with Gasteiger partial charge in [0.15, 0.2) is 0 Å². The molecule has 0 aromatic heterocycles. The minimum absolute atomic E-state index is 0.0208. The van der Waals surface area contributed by atoms with Gasteiger partial charge in [0.2, 0.25) is 10.0 Å². The van der Waals surface area contributed by atoms with Gasteiger partial charge in [0.1, 0.15) is 0 Å². The lowest BCUT2D eigenvalue weighted by Gasteiger charge is -2.34. The van der Waals surface area contributed by atoms with Crippen molar-refractivity contribution in [3.05, 3.63) is 23.8 Å². The normalized spacial score (nSPS) is 26.4. The molecule has 0 aliphatic carbocycles. The Balaban J connectivity index is 1.78. The van der Waals surface area contributed by atoms with Crippen molar-refractivity contribution in [2.24, 2.45) is 5.92 Å². The maximum Gasteiger partial charge on any atom is 0.240 e. The van der Waals surface area contributed by atoms with E-state index in [0.29, 0.717) is 10.8 Å². The maximum absolute atomic E-state index is 12.6. The lowest BCUT2D eigenvalue weighted by molar-refractivity contribution is 0.188. The quantitative estimate of drug-likeness (QED) is 0.883. The molecular weight excluding hydrogens is 286 g/mol. The van der Waals surface area contributed by atoms with Crippen molar-refractivity contribution in [1.82, 2.24) is 9.62 Å². The molecule has 2 heterocycles. The summed E-state index contributed by atoms with van der Waals surface area (Å²) in [5, 5.41) is 3.23. The van der Waals surface area contributed by atoms with Gasteiger partial charge in [-0.15, -0.1) is 0 Å². The van der Waals surface area contributed by atoms with Crippen LogP contribution in [0.15, 0.2) is 23.1 Å². The first-order chi connectivity index (χ1) is 9.95. The molecule has 0 saturated carbocycles. The summed E-state index contributed by atoms with van der Waals surface area (Å²) in [6.45, 7) is 4.85. The molecule has 2 aliphatic heterocycles. The molecule has 2 aliphatic rings. The van der Waals surface area contributed by atoms with Gasteiger partial charge in [-0.3, -0.25) is 0 Å². The van der Waals surface area contributed by atoms with Gasteiger partial charge in [0.25, 0.3) is 0 Å². The summed E-state index contributed by atoms with van der Waals surface area (Å²) in [5.41, 5.74) is 2.15. The van der Waals surface area contributed by atoms with Crippen LogP contribution in [-0.2, 0) is 16.4 Å². The molecule has 0 radical (unpaired) electrons. The van der Waals surface area contributed by atoms with Crippen molar-refractivity contribution >= 4 is 15.7 Å². The van der Waals surface area contributed by atoms with Gasteiger partial charge in [-0.2, -0.15) is 0 Å². The van der Waals surface area contributed by atoms with Crippen LogP contribution in [0.5, 0.6) is 0 Å². The Morgan fingerprint density at radius 3 is 2.95 bits per heavy atom. The molecule has 5 nitrogen and oxygen atoms in total. The highest BCUT2D eigenvalue weighted by Crippen LogP contribution is 2.26.